The Balaban J connectivity index is 2.16. The first kappa shape index (κ1) is 14.9. The van der Waals surface area contributed by atoms with Crippen LogP contribution < -0.4 is 19.9 Å². The first-order valence-corrected chi connectivity index (χ1v) is 6.93. The fourth-order valence-corrected chi connectivity index (χ4v) is 2.73. The molecule has 20 heavy (non-hydrogen) atoms. The molecule has 0 aromatic heterocycles. The summed E-state index contributed by atoms with van der Waals surface area (Å²) in [6.45, 7) is 3.81. The first-order chi connectivity index (χ1) is 9.71. The SMILES string of the molecule is COc1cc(CN2CCC(CN)C2)cc(OC)c1OC. The topological polar surface area (TPSA) is 57.0 Å². The minimum Gasteiger partial charge on any atom is -0.493 e. The Labute approximate surface area is 120 Å². The average molecular weight is 280 g/mol. The van der Waals surface area contributed by atoms with Crippen LogP contribution in [-0.4, -0.2) is 45.9 Å². The third-order valence-electron chi connectivity index (χ3n) is 3.83. The molecule has 2 N–H and O–H groups in total. The van der Waals surface area contributed by atoms with Crippen LogP contribution in [0.25, 0.3) is 0 Å². The van der Waals surface area contributed by atoms with Crippen molar-refractivity contribution in [1.29, 1.82) is 0 Å². The van der Waals surface area contributed by atoms with Crippen LogP contribution in [0.15, 0.2) is 12.1 Å². The maximum Gasteiger partial charge on any atom is 0.203 e. The number of hydrogen-bond acceptors (Lipinski definition) is 5. The lowest BCUT2D eigenvalue weighted by Gasteiger charge is -2.18. The Hall–Kier alpha value is -1.46. The largest absolute Gasteiger partial charge is 0.493 e. The molecule has 0 bridgehead atoms. The van der Waals surface area contributed by atoms with E-state index in [1.165, 1.54) is 6.42 Å². The molecule has 1 unspecified atom stereocenters. The highest BCUT2D eigenvalue weighted by atomic mass is 16.5. The molecule has 1 saturated heterocycles. The Morgan fingerprint density at radius 2 is 1.80 bits per heavy atom. The summed E-state index contributed by atoms with van der Waals surface area (Å²) in [7, 11) is 4.90. The van der Waals surface area contributed by atoms with Gasteiger partial charge in [-0.1, -0.05) is 0 Å². The smallest absolute Gasteiger partial charge is 0.203 e. The number of rotatable bonds is 6. The van der Waals surface area contributed by atoms with Gasteiger partial charge in [0.2, 0.25) is 5.75 Å². The molecule has 0 radical (unpaired) electrons. The van der Waals surface area contributed by atoms with Crippen molar-refractivity contribution in [3.05, 3.63) is 17.7 Å². The quantitative estimate of drug-likeness (QED) is 0.855. The van der Waals surface area contributed by atoms with E-state index in [1.54, 1.807) is 21.3 Å². The average Bonchev–Trinajstić information content (AvgIpc) is 2.93. The monoisotopic (exact) mass is 280 g/mol. The molecule has 1 aliphatic rings. The Morgan fingerprint density at radius 3 is 2.25 bits per heavy atom. The number of ether oxygens (including phenoxy) is 3. The van der Waals surface area contributed by atoms with E-state index in [4.69, 9.17) is 19.9 Å². The lowest BCUT2D eigenvalue weighted by Crippen LogP contribution is -2.22. The number of hydrogen-bond donors (Lipinski definition) is 1. The van der Waals surface area contributed by atoms with Crippen LogP contribution >= 0.6 is 0 Å². The summed E-state index contributed by atoms with van der Waals surface area (Å²) in [5.74, 6) is 2.67. The minimum atomic E-state index is 0.622. The molecule has 1 aliphatic heterocycles. The van der Waals surface area contributed by atoms with Crippen molar-refractivity contribution in [3.8, 4) is 17.2 Å². The second-order valence-electron chi connectivity index (χ2n) is 5.16. The van der Waals surface area contributed by atoms with E-state index in [0.29, 0.717) is 23.2 Å². The zero-order valence-corrected chi connectivity index (χ0v) is 12.5. The summed E-state index contributed by atoms with van der Waals surface area (Å²) in [4.78, 5) is 2.41. The van der Waals surface area contributed by atoms with Crippen LogP contribution in [0.5, 0.6) is 17.2 Å². The van der Waals surface area contributed by atoms with Gasteiger partial charge in [0.1, 0.15) is 0 Å². The van der Waals surface area contributed by atoms with E-state index in [0.717, 1.165) is 31.7 Å². The number of likely N-dealkylation sites (tertiary alicyclic amines) is 1. The number of benzene rings is 1. The zero-order valence-electron chi connectivity index (χ0n) is 12.5. The van der Waals surface area contributed by atoms with Gasteiger partial charge in [-0.2, -0.15) is 0 Å². The molecule has 1 atom stereocenters. The summed E-state index contributed by atoms with van der Waals surface area (Å²) in [6.07, 6.45) is 1.18. The van der Waals surface area contributed by atoms with E-state index in [1.807, 2.05) is 12.1 Å². The molecule has 112 valence electrons. The maximum atomic E-state index is 5.74. The van der Waals surface area contributed by atoms with Crippen LogP contribution in [0.4, 0.5) is 0 Å². The highest BCUT2D eigenvalue weighted by molar-refractivity contribution is 5.53. The van der Waals surface area contributed by atoms with E-state index in [-0.39, 0.29) is 0 Å². The molecule has 0 saturated carbocycles. The summed E-state index contributed by atoms with van der Waals surface area (Å²) in [5, 5.41) is 0. The summed E-state index contributed by atoms with van der Waals surface area (Å²) >= 11 is 0. The Kier molecular flexibility index (Phi) is 5.09. The predicted molar refractivity (Wildman–Crippen MR) is 78.5 cm³/mol. The standard InChI is InChI=1S/C15H24N2O3/c1-18-13-6-12(7-14(19-2)15(13)20-3)10-17-5-4-11(8-16)9-17/h6-7,11H,4-5,8-10,16H2,1-3H3. The number of nitrogens with two attached hydrogens (primary N) is 1. The molecular weight excluding hydrogens is 256 g/mol. The lowest BCUT2D eigenvalue weighted by atomic mass is 10.1. The molecule has 5 heteroatoms. The molecule has 0 spiro atoms. The van der Waals surface area contributed by atoms with Gasteiger partial charge >= 0.3 is 0 Å². The van der Waals surface area contributed by atoms with Crippen LogP contribution in [0.3, 0.4) is 0 Å². The van der Waals surface area contributed by atoms with Gasteiger partial charge < -0.3 is 19.9 Å². The fourth-order valence-electron chi connectivity index (χ4n) is 2.73. The van der Waals surface area contributed by atoms with Gasteiger partial charge in [-0.3, -0.25) is 4.90 Å². The van der Waals surface area contributed by atoms with Crippen LogP contribution in [0, 0.1) is 5.92 Å². The molecule has 0 amide bonds. The van der Waals surface area contributed by atoms with Crippen LogP contribution in [0.1, 0.15) is 12.0 Å². The molecular formula is C15H24N2O3. The van der Waals surface area contributed by atoms with E-state index in [9.17, 15) is 0 Å². The molecule has 1 aromatic carbocycles. The molecule has 1 heterocycles. The maximum absolute atomic E-state index is 5.74. The molecule has 2 rings (SSSR count). The minimum absolute atomic E-state index is 0.622. The number of methoxy groups -OCH3 is 3. The van der Waals surface area contributed by atoms with Gasteiger partial charge in [0.25, 0.3) is 0 Å². The van der Waals surface area contributed by atoms with Crippen molar-refractivity contribution >= 4 is 0 Å². The highest BCUT2D eigenvalue weighted by Crippen LogP contribution is 2.38. The summed E-state index contributed by atoms with van der Waals surface area (Å²) in [5.41, 5.74) is 6.90. The van der Waals surface area contributed by atoms with Gasteiger partial charge in [-0.25, -0.2) is 0 Å². The second-order valence-corrected chi connectivity index (χ2v) is 5.16. The van der Waals surface area contributed by atoms with Gasteiger partial charge in [0.05, 0.1) is 21.3 Å². The van der Waals surface area contributed by atoms with Crippen LogP contribution in [-0.2, 0) is 6.54 Å². The lowest BCUT2D eigenvalue weighted by molar-refractivity contribution is 0.308. The van der Waals surface area contributed by atoms with Crippen molar-refractivity contribution in [2.45, 2.75) is 13.0 Å². The van der Waals surface area contributed by atoms with Gasteiger partial charge in [0.15, 0.2) is 11.5 Å². The first-order valence-electron chi connectivity index (χ1n) is 6.93. The molecule has 0 aliphatic carbocycles. The number of nitrogens with zero attached hydrogens (tertiary/aromatic N) is 1. The van der Waals surface area contributed by atoms with Crippen molar-refractivity contribution in [3.63, 3.8) is 0 Å². The van der Waals surface area contributed by atoms with Crippen LogP contribution in [0.2, 0.25) is 0 Å². The Morgan fingerprint density at radius 1 is 1.15 bits per heavy atom. The van der Waals surface area contributed by atoms with Crippen molar-refractivity contribution in [2.75, 3.05) is 41.0 Å². The van der Waals surface area contributed by atoms with E-state index >= 15 is 0 Å². The van der Waals surface area contributed by atoms with Crippen molar-refractivity contribution in [1.82, 2.24) is 4.90 Å². The Bertz CT molecular complexity index is 426. The normalized spacial score (nSPS) is 19.1. The fraction of sp³-hybridized carbons (Fsp3) is 0.600. The zero-order chi connectivity index (χ0) is 14.5. The van der Waals surface area contributed by atoms with E-state index in [2.05, 4.69) is 4.90 Å². The van der Waals surface area contributed by atoms with Crippen molar-refractivity contribution < 1.29 is 14.2 Å². The highest BCUT2D eigenvalue weighted by Gasteiger charge is 2.22. The molecule has 1 aromatic rings. The van der Waals surface area contributed by atoms with Gasteiger partial charge in [0, 0.05) is 13.1 Å². The summed E-state index contributed by atoms with van der Waals surface area (Å²) < 4.78 is 16.1. The van der Waals surface area contributed by atoms with Crippen molar-refractivity contribution in [2.24, 2.45) is 11.7 Å². The second kappa shape index (κ2) is 6.81. The predicted octanol–water partition coefficient (Wildman–Crippen LogP) is 1.49. The van der Waals surface area contributed by atoms with Gasteiger partial charge in [-0.05, 0) is 43.1 Å². The third kappa shape index (κ3) is 3.16. The van der Waals surface area contributed by atoms with E-state index < -0.39 is 0 Å². The third-order valence-corrected chi connectivity index (χ3v) is 3.83. The molecule has 5 nitrogen and oxygen atoms in total. The van der Waals surface area contributed by atoms with Gasteiger partial charge in [-0.15, -0.1) is 0 Å². The summed E-state index contributed by atoms with van der Waals surface area (Å²) in [6, 6.07) is 4.02. The molecule has 1 fully saturated rings.